The van der Waals surface area contributed by atoms with Gasteiger partial charge >= 0.3 is 0 Å². The third-order valence-corrected chi connectivity index (χ3v) is 6.21. The third kappa shape index (κ3) is 6.06. The van der Waals surface area contributed by atoms with Crippen LogP contribution in [0.5, 0.6) is 0 Å². The highest BCUT2D eigenvalue weighted by molar-refractivity contribution is 5.89. The van der Waals surface area contributed by atoms with E-state index in [-0.39, 0.29) is 24.5 Å². The van der Waals surface area contributed by atoms with Crippen molar-refractivity contribution in [1.82, 2.24) is 25.2 Å². The number of amides is 2. The molecule has 2 amide bonds. The minimum absolute atomic E-state index is 0.0143. The summed E-state index contributed by atoms with van der Waals surface area (Å²) in [5.41, 5.74) is 3.01. The molecule has 0 spiro atoms. The van der Waals surface area contributed by atoms with E-state index in [0.29, 0.717) is 13.2 Å². The molecule has 0 radical (unpaired) electrons. The van der Waals surface area contributed by atoms with Gasteiger partial charge in [-0.25, -0.2) is 4.68 Å². The molecule has 1 saturated heterocycles. The lowest BCUT2D eigenvalue weighted by atomic mass is 9.99. The van der Waals surface area contributed by atoms with Crippen LogP contribution in [0.2, 0.25) is 0 Å². The number of aromatic nitrogens is 3. The number of aryl methyl sites for hydroxylation is 1. The Morgan fingerprint density at radius 2 is 1.91 bits per heavy atom. The van der Waals surface area contributed by atoms with Gasteiger partial charge < -0.3 is 15.0 Å². The Morgan fingerprint density at radius 1 is 1.17 bits per heavy atom. The molecule has 8 heteroatoms. The first-order valence-electron chi connectivity index (χ1n) is 12.4. The second-order valence-corrected chi connectivity index (χ2v) is 10.2. The van der Waals surface area contributed by atoms with Gasteiger partial charge in [0.1, 0.15) is 18.1 Å². The van der Waals surface area contributed by atoms with Gasteiger partial charge in [0.15, 0.2) is 0 Å². The number of carbonyl (C=O) groups excluding carboxylic acids is 2. The Hall–Kier alpha value is -3.26. The van der Waals surface area contributed by atoms with Gasteiger partial charge in [0.25, 0.3) is 0 Å². The first kappa shape index (κ1) is 24.9. The summed E-state index contributed by atoms with van der Waals surface area (Å²) in [6.07, 6.45) is 2.60. The number of rotatable bonds is 8. The number of ether oxygens (including phenoxy) is 1. The minimum atomic E-state index is -0.786. The predicted octanol–water partition coefficient (Wildman–Crippen LogP) is 3.66. The fourth-order valence-corrected chi connectivity index (χ4v) is 4.46. The standard InChI is InChI=1S/C27H35N5O3/c1-5-19-12-14-20(15-13-19)25(26(34)28-27(2,3)4)31(17-21-9-8-16-35-21)24(33)18-32-23-11-7-6-10-22(23)29-30-32/h6-7,10-15,21,25H,5,8-9,16-18H2,1-4H3,(H,28,34)/t21-,25+/m1/s1. The number of hydrogen-bond donors (Lipinski definition) is 1. The molecule has 0 aliphatic carbocycles. The van der Waals surface area contributed by atoms with E-state index in [1.165, 1.54) is 5.56 Å². The molecule has 0 bridgehead atoms. The molecule has 2 atom stereocenters. The van der Waals surface area contributed by atoms with Crippen molar-refractivity contribution in [3.05, 3.63) is 59.7 Å². The molecule has 0 saturated carbocycles. The molecular formula is C27H35N5O3. The second kappa shape index (κ2) is 10.6. The Labute approximate surface area is 206 Å². The molecule has 1 aliphatic rings. The Morgan fingerprint density at radius 3 is 2.57 bits per heavy atom. The van der Waals surface area contributed by atoms with Crippen molar-refractivity contribution in [3.8, 4) is 0 Å². The normalized spacial score (nSPS) is 16.9. The topological polar surface area (TPSA) is 89.4 Å². The molecule has 2 aromatic carbocycles. The van der Waals surface area contributed by atoms with E-state index < -0.39 is 11.6 Å². The molecular weight excluding hydrogens is 442 g/mol. The maximum atomic E-state index is 13.9. The van der Waals surface area contributed by atoms with Crippen LogP contribution in [0.15, 0.2) is 48.5 Å². The molecule has 4 rings (SSSR count). The van der Waals surface area contributed by atoms with Gasteiger partial charge in [0.05, 0.1) is 11.6 Å². The fourth-order valence-electron chi connectivity index (χ4n) is 4.46. The average molecular weight is 478 g/mol. The molecule has 1 aromatic heterocycles. The number of nitrogens with one attached hydrogen (secondary N) is 1. The molecule has 2 heterocycles. The van der Waals surface area contributed by atoms with Crippen molar-refractivity contribution in [2.45, 2.75) is 71.2 Å². The van der Waals surface area contributed by atoms with E-state index in [4.69, 9.17) is 4.74 Å². The largest absolute Gasteiger partial charge is 0.376 e. The van der Waals surface area contributed by atoms with Crippen LogP contribution in [0.3, 0.4) is 0 Å². The number of carbonyl (C=O) groups is 2. The van der Waals surface area contributed by atoms with E-state index in [1.54, 1.807) is 9.58 Å². The number of hydrogen-bond acceptors (Lipinski definition) is 5. The number of para-hydroxylation sites is 1. The van der Waals surface area contributed by atoms with E-state index in [9.17, 15) is 9.59 Å². The van der Waals surface area contributed by atoms with Gasteiger partial charge in [-0.3, -0.25) is 9.59 Å². The molecule has 0 unspecified atom stereocenters. The Balaban J connectivity index is 1.71. The maximum Gasteiger partial charge on any atom is 0.247 e. The predicted molar refractivity (Wildman–Crippen MR) is 135 cm³/mol. The maximum absolute atomic E-state index is 13.9. The van der Waals surface area contributed by atoms with E-state index in [2.05, 4.69) is 22.6 Å². The van der Waals surface area contributed by atoms with E-state index in [1.807, 2.05) is 69.3 Å². The minimum Gasteiger partial charge on any atom is -0.376 e. The van der Waals surface area contributed by atoms with Crippen LogP contribution < -0.4 is 5.32 Å². The van der Waals surface area contributed by atoms with Gasteiger partial charge in [-0.1, -0.05) is 48.5 Å². The molecule has 1 N–H and O–H groups in total. The summed E-state index contributed by atoms with van der Waals surface area (Å²) in [7, 11) is 0. The lowest BCUT2D eigenvalue weighted by Crippen LogP contribution is -2.51. The van der Waals surface area contributed by atoms with E-state index >= 15 is 0 Å². The van der Waals surface area contributed by atoms with Crippen LogP contribution in [0.25, 0.3) is 11.0 Å². The molecule has 35 heavy (non-hydrogen) atoms. The van der Waals surface area contributed by atoms with Crippen molar-refractivity contribution in [2.75, 3.05) is 13.2 Å². The van der Waals surface area contributed by atoms with Crippen molar-refractivity contribution in [3.63, 3.8) is 0 Å². The SMILES string of the molecule is CCc1ccc([C@@H](C(=O)NC(C)(C)C)N(C[C@H]2CCCO2)C(=O)Cn2nnc3ccccc32)cc1. The highest BCUT2D eigenvalue weighted by Gasteiger charge is 2.35. The first-order chi connectivity index (χ1) is 16.7. The van der Waals surface area contributed by atoms with Gasteiger partial charge in [0, 0.05) is 18.7 Å². The van der Waals surface area contributed by atoms with Crippen LogP contribution in [0.1, 0.15) is 57.7 Å². The van der Waals surface area contributed by atoms with Crippen LogP contribution in [0, 0.1) is 0 Å². The van der Waals surface area contributed by atoms with Crippen LogP contribution in [-0.2, 0) is 27.3 Å². The van der Waals surface area contributed by atoms with E-state index in [0.717, 1.165) is 35.9 Å². The van der Waals surface area contributed by atoms with Crippen LogP contribution in [-0.4, -0.2) is 56.5 Å². The Bertz CT molecular complexity index is 1160. The smallest absolute Gasteiger partial charge is 0.247 e. The lowest BCUT2D eigenvalue weighted by molar-refractivity contribution is -0.143. The summed E-state index contributed by atoms with van der Waals surface area (Å²) in [4.78, 5) is 29.2. The number of nitrogens with zero attached hydrogens (tertiary/aromatic N) is 4. The summed E-state index contributed by atoms with van der Waals surface area (Å²) in [5.74, 6) is -0.415. The molecule has 3 aromatic rings. The summed E-state index contributed by atoms with van der Waals surface area (Å²) in [6, 6.07) is 14.7. The van der Waals surface area contributed by atoms with Crippen molar-refractivity contribution >= 4 is 22.8 Å². The molecule has 186 valence electrons. The zero-order chi connectivity index (χ0) is 25.0. The Kier molecular flexibility index (Phi) is 7.50. The first-order valence-corrected chi connectivity index (χ1v) is 12.4. The monoisotopic (exact) mass is 477 g/mol. The summed E-state index contributed by atoms with van der Waals surface area (Å²) in [5, 5.41) is 11.5. The van der Waals surface area contributed by atoms with Crippen molar-refractivity contribution in [2.24, 2.45) is 0 Å². The van der Waals surface area contributed by atoms with Crippen LogP contribution in [0.4, 0.5) is 0 Å². The summed E-state index contributed by atoms with van der Waals surface area (Å²) >= 11 is 0. The molecule has 8 nitrogen and oxygen atoms in total. The highest BCUT2D eigenvalue weighted by atomic mass is 16.5. The van der Waals surface area contributed by atoms with Gasteiger partial charge in [-0.05, 0) is 63.3 Å². The highest BCUT2D eigenvalue weighted by Crippen LogP contribution is 2.26. The summed E-state index contributed by atoms with van der Waals surface area (Å²) in [6.45, 7) is 8.91. The van der Waals surface area contributed by atoms with Crippen LogP contribution >= 0.6 is 0 Å². The number of fused-ring (bicyclic) bond motifs is 1. The summed E-state index contributed by atoms with van der Waals surface area (Å²) < 4.78 is 7.48. The molecule has 1 fully saturated rings. The second-order valence-electron chi connectivity index (χ2n) is 10.2. The fraction of sp³-hybridized carbons (Fsp3) is 0.481. The molecule has 1 aliphatic heterocycles. The van der Waals surface area contributed by atoms with Crippen molar-refractivity contribution in [1.29, 1.82) is 0 Å². The zero-order valence-corrected chi connectivity index (χ0v) is 21.0. The van der Waals surface area contributed by atoms with Crippen molar-refractivity contribution < 1.29 is 14.3 Å². The van der Waals surface area contributed by atoms with Gasteiger partial charge in [-0.2, -0.15) is 0 Å². The van der Waals surface area contributed by atoms with Gasteiger partial charge in [0.2, 0.25) is 11.8 Å². The zero-order valence-electron chi connectivity index (χ0n) is 21.0. The number of benzene rings is 2. The quantitative estimate of drug-likeness (QED) is 0.535. The third-order valence-electron chi connectivity index (χ3n) is 6.21. The lowest BCUT2D eigenvalue weighted by Gasteiger charge is -2.35. The average Bonchev–Trinajstić information content (AvgIpc) is 3.48. The van der Waals surface area contributed by atoms with Gasteiger partial charge in [-0.15, -0.1) is 5.10 Å².